The minimum absolute atomic E-state index is 0.0726. The van der Waals surface area contributed by atoms with Gasteiger partial charge in [-0.3, -0.25) is 9.55 Å². The third kappa shape index (κ3) is 2.95. The second-order valence-electron chi connectivity index (χ2n) is 5.12. The van der Waals surface area contributed by atoms with Crippen molar-refractivity contribution in [1.29, 1.82) is 0 Å². The Morgan fingerprint density at radius 2 is 2.10 bits per heavy atom. The number of pyridine rings is 1. The van der Waals surface area contributed by atoms with Crippen molar-refractivity contribution in [2.75, 3.05) is 20.3 Å². The molecule has 0 saturated carbocycles. The lowest BCUT2D eigenvalue weighted by atomic mass is 10.1. The molecule has 6 heteroatoms. The van der Waals surface area contributed by atoms with Crippen LogP contribution in [0.5, 0.6) is 0 Å². The lowest BCUT2D eigenvalue weighted by molar-refractivity contribution is 0.0528. The van der Waals surface area contributed by atoms with Crippen LogP contribution in [0, 0.1) is 0 Å². The van der Waals surface area contributed by atoms with Crippen LogP contribution in [0.3, 0.4) is 0 Å². The van der Waals surface area contributed by atoms with Crippen LogP contribution in [-0.2, 0) is 4.74 Å². The SMILES string of the molecule is CN(C(=O)n1cnc(-c2ccccn2)c1)C1CCOCC1. The zero-order chi connectivity index (χ0) is 14.7. The minimum Gasteiger partial charge on any atom is -0.381 e. The zero-order valence-electron chi connectivity index (χ0n) is 12.0. The maximum absolute atomic E-state index is 12.5. The Hall–Kier alpha value is -2.21. The second kappa shape index (κ2) is 6.05. The lowest BCUT2D eigenvalue weighted by Gasteiger charge is -2.30. The molecule has 0 unspecified atom stereocenters. The van der Waals surface area contributed by atoms with Crippen molar-refractivity contribution in [2.24, 2.45) is 0 Å². The normalized spacial score (nSPS) is 15.9. The van der Waals surface area contributed by atoms with E-state index in [1.807, 2.05) is 25.2 Å². The molecule has 1 amide bonds. The lowest BCUT2D eigenvalue weighted by Crippen LogP contribution is -2.42. The molecule has 1 saturated heterocycles. The molecule has 3 heterocycles. The van der Waals surface area contributed by atoms with E-state index in [9.17, 15) is 4.79 Å². The van der Waals surface area contributed by atoms with Gasteiger partial charge in [-0.1, -0.05) is 6.07 Å². The molecule has 3 rings (SSSR count). The Labute approximate surface area is 123 Å². The highest BCUT2D eigenvalue weighted by Gasteiger charge is 2.23. The Kier molecular flexibility index (Phi) is 3.96. The molecule has 0 bridgehead atoms. The fraction of sp³-hybridized carbons (Fsp3) is 0.400. The first-order valence-electron chi connectivity index (χ1n) is 7.06. The molecule has 1 aliphatic heterocycles. The molecule has 2 aromatic heterocycles. The average molecular weight is 286 g/mol. The number of hydrogen-bond donors (Lipinski definition) is 0. The monoisotopic (exact) mass is 286 g/mol. The van der Waals surface area contributed by atoms with Gasteiger partial charge in [-0.05, 0) is 25.0 Å². The molecule has 110 valence electrons. The molecule has 0 radical (unpaired) electrons. The van der Waals surface area contributed by atoms with Crippen LogP contribution >= 0.6 is 0 Å². The predicted octanol–water partition coefficient (Wildman–Crippen LogP) is 2.02. The van der Waals surface area contributed by atoms with E-state index in [1.54, 1.807) is 23.6 Å². The van der Waals surface area contributed by atoms with Gasteiger partial charge in [-0.15, -0.1) is 0 Å². The van der Waals surface area contributed by atoms with Gasteiger partial charge >= 0.3 is 6.03 Å². The molecule has 0 aromatic carbocycles. The largest absolute Gasteiger partial charge is 0.381 e. The van der Waals surface area contributed by atoms with Crippen molar-refractivity contribution >= 4 is 6.03 Å². The van der Waals surface area contributed by atoms with Crippen molar-refractivity contribution in [3.05, 3.63) is 36.9 Å². The predicted molar refractivity (Wildman–Crippen MR) is 77.9 cm³/mol. The van der Waals surface area contributed by atoms with E-state index >= 15 is 0 Å². The fourth-order valence-electron chi connectivity index (χ4n) is 2.48. The second-order valence-corrected chi connectivity index (χ2v) is 5.12. The summed E-state index contributed by atoms with van der Waals surface area (Å²) in [6.07, 6.45) is 6.74. The number of carbonyl (C=O) groups excluding carboxylic acids is 1. The molecule has 0 aliphatic carbocycles. The van der Waals surface area contributed by atoms with Crippen molar-refractivity contribution < 1.29 is 9.53 Å². The third-order valence-corrected chi connectivity index (χ3v) is 3.77. The van der Waals surface area contributed by atoms with Gasteiger partial charge in [0.05, 0.1) is 5.69 Å². The number of nitrogens with zero attached hydrogens (tertiary/aromatic N) is 4. The fourth-order valence-corrected chi connectivity index (χ4v) is 2.48. The molecule has 1 fully saturated rings. The first-order chi connectivity index (χ1) is 10.3. The van der Waals surface area contributed by atoms with Gasteiger partial charge in [0.2, 0.25) is 0 Å². The van der Waals surface area contributed by atoms with Gasteiger partial charge in [0.1, 0.15) is 12.0 Å². The van der Waals surface area contributed by atoms with Crippen molar-refractivity contribution in [1.82, 2.24) is 19.4 Å². The Balaban J connectivity index is 1.74. The molecule has 1 aliphatic rings. The average Bonchev–Trinajstić information content (AvgIpc) is 3.05. The number of rotatable bonds is 2. The molecule has 2 aromatic rings. The van der Waals surface area contributed by atoms with Gasteiger partial charge in [-0.2, -0.15) is 0 Å². The topological polar surface area (TPSA) is 60.2 Å². The van der Waals surface area contributed by atoms with Gasteiger partial charge < -0.3 is 9.64 Å². The molecule has 0 atom stereocenters. The highest BCUT2D eigenvalue weighted by atomic mass is 16.5. The van der Waals surface area contributed by atoms with E-state index < -0.39 is 0 Å². The summed E-state index contributed by atoms with van der Waals surface area (Å²) in [5.74, 6) is 0. The molecule has 21 heavy (non-hydrogen) atoms. The van der Waals surface area contributed by atoms with Crippen molar-refractivity contribution in [2.45, 2.75) is 18.9 Å². The maximum atomic E-state index is 12.5. The van der Waals surface area contributed by atoms with Crippen LogP contribution in [0.4, 0.5) is 4.79 Å². The van der Waals surface area contributed by atoms with E-state index in [0.29, 0.717) is 18.9 Å². The van der Waals surface area contributed by atoms with Crippen LogP contribution < -0.4 is 0 Å². The highest BCUT2D eigenvalue weighted by molar-refractivity contribution is 5.77. The molecule has 0 spiro atoms. The number of aromatic nitrogens is 3. The van der Waals surface area contributed by atoms with Gasteiger partial charge in [-0.25, -0.2) is 9.78 Å². The standard InChI is InChI=1S/C15H18N4O2/c1-18(12-5-8-21-9-6-12)15(20)19-10-14(17-11-19)13-4-2-3-7-16-13/h2-4,7,10-12H,5-6,8-9H2,1H3. The van der Waals surface area contributed by atoms with E-state index in [4.69, 9.17) is 4.74 Å². The Morgan fingerprint density at radius 3 is 2.81 bits per heavy atom. The molecule has 6 nitrogen and oxygen atoms in total. The summed E-state index contributed by atoms with van der Waals surface area (Å²) in [6.45, 7) is 1.43. The molecule has 0 N–H and O–H groups in total. The first kappa shape index (κ1) is 13.8. The summed E-state index contributed by atoms with van der Waals surface area (Å²) in [5.41, 5.74) is 1.46. The Bertz CT molecular complexity index is 605. The number of hydrogen-bond acceptors (Lipinski definition) is 4. The molecular weight excluding hydrogens is 268 g/mol. The minimum atomic E-state index is -0.0726. The number of ether oxygens (including phenoxy) is 1. The summed E-state index contributed by atoms with van der Waals surface area (Å²) in [6, 6.07) is 5.78. The Morgan fingerprint density at radius 1 is 1.29 bits per heavy atom. The van der Waals surface area contributed by atoms with E-state index in [1.165, 1.54) is 4.57 Å². The van der Waals surface area contributed by atoms with E-state index in [2.05, 4.69) is 9.97 Å². The highest BCUT2D eigenvalue weighted by Crippen LogP contribution is 2.16. The smallest absolute Gasteiger partial charge is 0.329 e. The van der Waals surface area contributed by atoms with Crippen molar-refractivity contribution in [3.63, 3.8) is 0 Å². The quantitative estimate of drug-likeness (QED) is 0.847. The van der Waals surface area contributed by atoms with Crippen LogP contribution in [0.25, 0.3) is 11.4 Å². The number of imidazole rings is 1. The van der Waals surface area contributed by atoms with Gasteiger partial charge in [0, 0.05) is 38.7 Å². The number of amides is 1. The molecular formula is C15H18N4O2. The third-order valence-electron chi connectivity index (χ3n) is 3.77. The maximum Gasteiger partial charge on any atom is 0.329 e. The van der Waals surface area contributed by atoms with E-state index in [-0.39, 0.29) is 12.1 Å². The zero-order valence-corrected chi connectivity index (χ0v) is 12.0. The van der Waals surface area contributed by atoms with Gasteiger partial charge in [0.25, 0.3) is 0 Å². The van der Waals surface area contributed by atoms with Crippen LogP contribution in [0.15, 0.2) is 36.9 Å². The van der Waals surface area contributed by atoms with E-state index in [0.717, 1.165) is 18.5 Å². The van der Waals surface area contributed by atoms with Gasteiger partial charge in [0.15, 0.2) is 0 Å². The summed E-state index contributed by atoms with van der Waals surface area (Å²) in [7, 11) is 1.83. The number of carbonyl (C=O) groups is 1. The van der Waals surface area contributed by atoms with Crippen LogP contribution in [0.2, 0.25) is 0 Å². The summed E-state index contributed by atoms with van der Waals surface area (Å²) in [4.78, 5) is 22.7. The summed E-state index contributed by atoms with van der Waals surface area (Å²) < 4.78 is 6.85. The van der Waals surface area contributed by atoms with Crippen molar-refractivity contribution in [3.8, 4) is 11.4 Å². The first-order valence-corrected chi connectivity index (χ1v) is 7.06. The van der Waals surface area contributed by atoms with Crippen LogP contribution in [-0.4, -0.2) is 51.8 Å². The summed E-state index contributed by atoms with van der Waals surface area (Å²) >= 11 is 0. The van der Waals surface area contributed by atoms with Crippen LogP contribution in [0.1, 0.15) is 12.8 Å². The summed E-state index contributed by atoms with van der Waals surface area (Å²) in [5, 5.41) is 0.